The second kappa shape index (κ2) is 11.1. The molecule has 0 spiro atoms. The van der Waals surface area contributed by atoms with E-state index in [1.54, 1.807) is 39.8 Å². The van der Waals surface area contributed by atoms with Gasteiger partial charge in [-0.3, -0.25) is 4.84 Å². The van der Waals surface area contributed by atoms with Crippen LogP contribution in [0.1, 0.15) is 56.5 Å². The molecule has 0 saturated carbocycles. The fourth-order valence-corrected chi connectivity index (χ4v) is 4.36. The third kappa shape index (κ3) is 6.14. The first-order valence-electron chi connectivity index (χ1n) is 12.3. The van der Waals surface area contributed by atoms with E-state index in [0.29, 0.717) is 11.3 Å². The highest BCUT2D eigenvalue weighted by Crippen LogP contribution is 2.45. The van der Waals surface area contributed by atoms with Crippen LogP contribution in [0.3, 0.4) is 0 Å². The minimum atomic E-state index is -0.869. The first-order chi connectivity index (χ1) is 17.7. The number of hydrogen-bond donors (Lipinski definition) is 1. The fraction of sp³-hybridized carbons (Fsp3) is 0.444. The number of alkyl carbamates (subject to hydrolysis) is 1. The van der Waals surface area contributed by atoms with Crippen LogP contribution < -0.4 is 10.1 Å². The number of fused-ring (bicyclic) bond motifs is 4. The maximum Gasteiger partial charge on any atom is 0.407 e. The summed E-state index contributed by atoms with van der Waals surface area (Å²) in [5.74, 6) is 0.0545. The molecule has 2 atom stereocenters. The van der Waals surface area contributed by atoms with Gasteiger partial charge in [0, 0.05) is 0 Å². The molecule has 2 aromatic carbocycles. The van der Waals surface area contributed by atoms with Crippen molar-refractivity contribution in [2.75, 3.05) is 26.3 Å². The monoisotopic (exact) mass is 511 g/mol. The van der Waals surface area contributed by atoms with Crippen molar-refractivity contribution >= 4 is 18.1 Å². The lowest BCUT2D eigenvalue weighted by molar-refractivity contribution is -0.149. The van der Waals surface area contributed by atoms with E-state index in [1.165, 1.54) is 9.96 Å². The van der Waals surface area contributed by atoms with E-state index in [2.05, 4.69) is 5.32 Å². The van der Waals surface area contributed by atoms with Gasteiger partial charge >= 0.3 is 18.1 Å². The van der Waals surface area contributed by atoms with E-state index in [9.17, 15) is 14.4 Å². The number of urea groups is 1. The van der Waals surface area contributed by atoms with E-state index in [0.717, 1.165) is 11.1 Å². The molecule has 3 amide bonds. The predicted octanol–water partition coefficient (Wildman–Crippen LogP) is 4.12. The van der Waals surface area contributed by atoms with Gasteiger partial charge in [-0.2, -0.15) is 5.06 Å². The molecule has 2 aliphatic heterocycles. The van der Waals surface area contributed by atoms with Gasteiger partial charge in [0.25, 0.3) is 0 Å². The highest BCUT2D eigenvalue weighted by Gasteiger charge is 2.51. The quantitative estimate of drug-likeness (QED) is 0.399. The van der Waals surface area contributed by atoms with Crippen molar-refractivity contribution in [1.29, 1.82) is 0 Å². The number of hydroxylamine groups is 2. The largest absolute Gasteiger partial charge is 0.492 e. The fourth-order valence-electron chi connectivity index (χ4n) is 4.36. The lowest BCUT2D eigenvalue weighted by Crippen LogP contribution is -2.39. The molecule has 2 aliphatic rings. The predicted molar refractivity (Wildman–Crippen MR) is 133 cm³/mol. The molecule has 2 bridgehead atoms. The Kier molecular flexibility index (Phi) is 7.87. The Balaban J connectivity index is 1.50. The van der Waals surface area contributed by atoms with Crippen LogP contribution in [0.5, 0.6) is 5.75 Å². The smallest absolute Gasteiger partial charge is 0.407 e. The number of ether oxygens (including phenoxy) is 3. The van der Waals surface area contributed by atoms with Gasteiger partial charge in [-0.25, -0.2) is 14.4 Å². The first kappa shape index (κ1) is 26.3. The Hall–Kier alpha value is -3.79. The van der Waals surface area contributed by atoms with Crippen molar-refractivity contribution in [3.05, 3.63) is 65.2 Å². The van der Waals surface area contributed by atoms with E-state index < -0.39 is 29.7 Å². The zero-order valence-electron chi connectivity index (χ0n) is 21.6. The first-order valence-corrected chi connectivity index (χ1v) is 12.3. The molecule has 10 nitrogen and oxygen atoms in total. The number of nitrogens with zero attached hydrogens (tertiary/aromatic N) is 2. The van der Waals surface area contributed by atoms with Gasteiger partial charge in [-0.15, -0.1) is 0 Å². The lowest BCUT2D eigenvalue weighted by Gasteiger charge is -2.31. The third-order valence-corrected chi connectivity index (χ3v) is 5.87. The third-order valence-electron chi connectivity index (χ3n) is 5.87. The van der Waals surface area contributed by atoms with Crippen LogP contribution in [0.4, 0.5) is 9.59 Å². The Morgan fingerprint density at radius 2 is 1.84 bits per heavy atom. The van der Waals surface area contributed by atoms with Gasteiger partial charge in [0.05, 0.1) is 19.7 Å². The molecule has 0 aliphatic carbocycles. The molecule has 10 heteroatoms. The van der Waals surface area contributed by atoms with E-state index in [-0.39, 0.29) is 38.9 Å². The van der Waals surface area contributed by atoms with Crippen molar-refractivity contribution in [1.82, 2.24) is 15.3 Å². The summed E-state index contributed by atoms with van der Waals surface area (Å²) >= 11 is 0. The Morgan fingerprint density at radius 1 is 1.08 bits per heavy atom. The number of amides is 3. The summed E-state index contributed by atoms with van der Waals surface area (Å²) in [6.07, 6.45) is -0.519. The molecule has 198 valence electrons. The van der Waals surface area contributed by atoms with Crippen molar-refractivity contribution in [2.45, 2.75) is 52.0 Å². The number of rotatable bonds is 9. The molecular formula is C27H33N3O7. The molecule has 0 radical (unpaired) electrons. The molecule has 4 rings (SSSR count). The molecule has 0 aromatic heterocycles. The zero-order chi connectivity index (χ0) is 26.6. The minimum Gasteiger partial charge on any atom is -0.492 e. The number of carbonyl (C=O) groups excluding carboxylic acids is 3. The summed E-state index contributed by atoms with van der Waals surface area (Å²) in [6.45, 7) is 8.27. The SMILES string of the molecule is CCOC(=O)C1c2ccc(OCCNC(=O)OC(C)(C)C)cc2[C@H]2CN1C(=O)N2OCc1ccccc1. The maximum atomic E-state index is 13.3. The molecule has 37 heavy (non-hydrogen) atoms. The molecular weight excluding hydrogens is 478 g/mol. The van der Waals surface area contributed by atoms with Crippen LogP contribution >= 0.6 is 0 Å². The summed E-state index contributed by atoms with van der Waals surface area (Å²) in [6, 6.07) is 13.2. The maximum absolute atomic E-state index is 13.3. The Labute approximate surface area is 216 Å². The second-order valence-corrected chi connectivity index (χ2v) is 9.76. The van der Waals surface area contributed by atoms with Crippen LogP contribution in [0.2, 0.25) is 0 Å². The normalized spacial score (nSPS) is 18.3. The minimum absolute atomic E-state index is 0.205. The van der Waals surface area contributed by atoms with Crippen LogP contribution in [-0.2, 0) is 25.7 Å². The summed E-state index contributed by atoms with van der Waals surface area (Å²) in [4.78, 5) is 45.5. The van der Waals surface area contributed by atoms with E-state index in [4.69, 9.17) is 19.0 Å². The van der Waals surface area contributed by atoms with Crippen LogP contribution in [0, 0.1) is 0 Å². The lowest BCUT2D eigenvalue weighted by atomic mass is 9.91. The zero-order valence-corrected chi connectivity index (χ0v) is 21.6. The van der Waals surface area contributed by atoms with Gasteiger partial charge in [0.15, 0.2) is 6.04 Å². The van der Waals surface area contributed by atoms with Crippen LogP contribution in [0.25, 0.3) is 0 Å². The molecule has 2 heterocycles. The topological polar surface area (TPSA) is 107 Å². The Bertz CT molecular complexity index is 1130. The number of nitrogens with one attached hydrogen (secondary N) is 1. The summed E-state index contributed by atoms with van der Waals surface area (Å²) in [5.41, 5.74) is 1.77. The average Bonchev–Trinajstić information content (AvgIpc) is 3.12. The van der Waals surface area contributed by atoms with Gasteiger partial charge in [-0.1, -0.05) is 36.4 Å². The summed E-state index contributed by atoms with van der Waals surface area (Å²) < 4.78 is 16.4. The number of hydrogen-bond acceptors (Lipinski definition) is 7. The van der Waals surface area contributed by atoms with Gasteiger partial charge in [0.2, 0.25) is 0 Å². The molecule has 2 aromatic rings. The molecule has 1 saturated heterocycles. The van der Waals surface area contributed by atoms with Crippen molar-refractivity contribution in [2.24, 2.45) is 0 Å². The van der Waals surface area contributed by atoms with Crippen molar-refractivity contribution in [3.8, 4) is 5.75 Å². The standard InChI is InChI=1S/C27H33N3O7/c1-5-34-24(31)23-20-12-11-19(35-14-13-28-25(32)37-27(2,3)4)15-21(20)22-16-29(23)26(33)30(22)36-17-18-9-7-6-8-10-18/h6-12,15,22-23H,5,13-14,16-17H2,1-4H3,(H,28,32)/t22-,23?/m1/s1. The number of carbonyl (C=O) groups is 3. The highest BCUT2D eigenvalue weighted by molar-refractivity contribution is 5.88. The summed E-state index contributed by atoms with van der Waals surface area (Å²) in [7, 11) is 0. The number of esters is 1. The van der Waals surface area contributed by atoms with Crippen molar-refractivity contribution in [3.63, 3.8) is 0 Å². The van der Waals surface area contributed by atoms with Crippen molar-refractivity contribution < 1.29 is 33.4 Å². The van der Waals surface area contributed by atoms with Crippen LogP contribution in [-0.4, -0.2) is 60.0 Å². The second-order valence-electron chi connectivity index (χ2n) is 9.76. The van der Waals surface area contributed by atoms with E-state index in [1.807, 2.05) is 36.4 Å². The van der Waals surface area contributed by atoms with E-state index >= 15 is 0 Å². The van der Waals surface area contributed by atoms with Gasteiger partial charge < -0.3 is 24.4 Å². The molecule has 1 fully saturated rings. The average molecular weight is 512 g/mol. The number of benzene rings is 2. The summed E-state index contributed by atoms with van der Waals surface area (Å²) in [5, 5.41) is 3.98. The molecule has 1 N–H and O–H groups in total. The van der Waals surface area contributed by atoms with Gasteiger partial charge in [0.1, 0.15) is 30.6 Å². The Morgan fingerprint density at radius 3 is 2.54 bits per heavy atom. The van der Waals surface area contributed by atoms with Crippen LogP contribution in [0.15, 0.2) is 48.5 Å². The van der Waals surface area contributed by atoms with Gasteiger partial charge in [-0.05, 0) is 56.5 Å². The molecule has 1 unspecified atom stereocenters. The highest BCUT2D eigenvalue weighted by atomic mass is 16.7.